The molecule has 2 aromatic rings. The van der Waals surface area contributed by atoms with Gasteiger partial charge in [0.25, 0.3) is 0 Å². The molecular formula is C24H28BN4O5. The van der Waals surface area contributed by atoms with Gasteiger partial charge in [-0.2, -0.15) is 0 Å². The van der Waals surface area contributed by atoms with Crippen LogP contribution in [0.1, 0.15) is 37.5 Å². The molecule has 1 fully saturated rings. The Morgan fingerprint density at radius 1 is 1.47 bits per heavy atom. The van der Waals surface area contributed by atoms with Crippen molar-refractivity contribution in [1.82, 2.24) is 20.2 Å². The topological polar surface area (TPSA) is 114 Å². The number of hydrogen-bond donors (Lipinski definition) is 2. The highest BCUT2D eigenvalue weighted by molar-refractivity contribution is 6.52. The molecule has 1 aromatic heterocycles. The van der Waals surface area contributed by atoms with Gasteiger partial charge in [-0.15, -0.1) is 6.42 Å². The van der Waals surface area contributed by atoms with E-state index in [0.717, 1.165) is 35.8 Å². The Bertz CT molecular complexity index is 1060. The number of H-pyrrole nitrogens is 1. The van der Waals surface area contributed by atoms with Gasteiger partial charge >= 0.3 is 6.09 Å². The molecule has 2 amide bonds. The molecule has 2 atom stereocenters. The summed E-state index contributed by atoms with van der Waals surface area (Å²) in [6, 6.07) is 4.69. The number of amides is 2. The van der Waals surface area contributed by atoms with E-state index < -0.39 is 12.1 Å². The predicted molar refractivity (Wildman–Crippen MR) is 128 cm³/mol. The second-order valence-corrected chi connectivity index (χ2v) is 7.84. The van der Waals surface area contributed by atoms with Crippen LogP contribution >= 0.6 is 0 Å². The number of aromatic amines is 1. The van der Waals surface area contributed by atoms with E-state index in [1.807, 2.05) is 32.3 Å². The minimum Gasteiger partial charge on any atom is -0.480 e. The first-order valence-corrected chi connectivity index (χ1v) is 11.2. The fourth-order valence-corrected chi connectivity index (χ4v) is 4.03. The molecule has 0 aliphatic carbocycles. The monoisotopic (exact) mass is 463 g/mol. The molecule has 1 aliphatic heterocycles. The zero-order valence-electron chi connectivity index (χ0n) is 19.4. The van der Waals surface area contributed by atoms with Gasteiger partial charge in [0.05, 0.1) is 25.0 Å². The molecular weight excluding hydrogens is 435 g/mol. The predicted octanol–water partition coefficient (Wildman–Crippen LogP) is 1.83. The number of methoxy groups -OCH3 is 1. The molecule has 10 heteroatoms. The Hall–Kier alpha value is -3.74. The molecule has 0 saturated carbocycles. The smallest absolute Gasteiger partial charge is 0.407 e. The summed E-state index contributed by atoms with van der Waals surface area (Å²) < 4.78 is 10.4. The lowest BCUT2D eigenvalue weighted by Crippen LogP contribution is -2.48. The Kier molecular flexibility index (Phi) is 8.74. The van der Waals surface area contributed by atoms with E-state index in [4.69, 9.17) is 11.2 Å². The summed E-state index contributed by atoms with van der Waals surface area (Å²) in [5.41, 5.74) is 2.56. The molecule has 2 unspecified atom stereocenters. The molecule has 34 heavy (non-hydrogen) atoms. The molecule has 177 valence electrons. The molecule has 2 heterocycles. The first kappa shape index (κ1) is 24.9. The zero-order valence-corrected chi connectivity index (χ0v) is 19.4. The van der Waals surface area contributed by atoms with Crippen molar-refractivity contribution in [3.05, 3.63) is 30.2 Å². The van der Waals surface area contributed by atoms with Gasteiger partial charge in [-0.3, -0.25) is 4.79 Å². The van der Waals surface area contributed by atoms with E-state index in [-0.39, 0.29) is 31.4 Å². The summed E-state index contributed by atoms with van der Waals surface area (Å²) in [6.45, 7) is 2.61. The molecule has 2 N–H and O–H groups in total. The van der Waals surface area contributed by atoms with Crippen LogP contribution in [0.5, 0.6) is 5.75 Å². The maximum Gasteiger partial charge on any atom is 0.407 e. The minimum atomic E-state index is -0.853. The highest BCUT2D eigenvalue weighted by Gasteiger charge is 2.36. The average Bonchev–Trinajstić information content (AvgIpc) is 3.54. The summed E-state index contributed by atoms with van der Waals surface area (Å²) in [5, 5.41) is 2.54. The molecule has 1 saturated heterocycles. The molecule has 1 radical (unpaired) electrons. The standard InChI is InChI=1S/C24H28BN4O5/c1-4-13-34-21-14-16(25-2)9-10-17(21)19-15-26-22(27-19)20-8-5-11-29(20)23(31)18(7-6-12-30)28-24(32)33-3/h1,9-10,12,14-15,18,20H,5-8,11,13H2,2-3H3,(H,26,27)(H,28,32). The second-order valence-electron chi connectivity index (χ2n) is 7.84. The quantitative estimate of drug-likeness (QED) is 0.316. The van der Waals surface area contributed by atoms with E-state index >= 15 is 0 Å². The number of imidazole rings is 1. The number of aromatic nitrogens is 2. The van der Waals surface area contributed by atoms with Crippen molar-refractivity contribution >= 4 is 31.0 Å². The number of terminal acetylenes is 1. The Morgan fingerprint density at radius 2 is 2.29 bits per heavy atom. The van der Waals surface area contributed by atoms with Crippen molar-refractivity contribution < 1.29 is 23.9 Å². The van der Waals surface area contributed by atoms with Crippen molar-refractivity contribution in [1.29, 1.82) is 0 Å². The van der Waals surface area contributed by atoms with Gasteiger partial charge in [0.15, 0.2) is 0 Å². The van der Waals surface area contributed by atoms with Crippen LogP contribution < -0.4 is 15.5 Å². The van der Waals surface area contributed by atoms with Crippen molar-refractivity contribution in [3.8, 4) is 29.4 Å². The number of carbonyl (C=O) groups is 3. The number of nitrogens with zero attached hydrogens (tertiary/aromatic N) is 2. The maximum atomic E-state index is 13.3. The fraction of sp³-hybridized carbons (Fsp3) is 0.417. The lowest BCUT2D eigenvalue weighted by atomic mass is 9.73. The summed E-state index contributed by atoms with van der Waals surface area (Å²) in [4.78, 5) is 45.4. The Morgan fingerprint density at radius 3 is 3.00 bits per heavy atom. The zero-order chi connectivity index (χ0) is 24.5. The summed E-state index contributed by atoms with van der Waals surface area (Å²) in [5.74, 6) is 3.49. The van der Waals surface area contributed by atoms with Gasteiger partial charge in [-0.05, 0) is 31.4 Å². The number of benzene rings is 1. The summed E-state index contributed by atoms with van der Waals surface area (Å²) in [7, 11) is 3.20. The third-order valence-electron chi connectivity index (χ3n) is 5.74. The van der Waals surface area contributed by atoms with Crippen molar-refractivity contribution in [2.24, 2.45) is 0 Å². The van der Waals surface area contributed by atoms with Gasteiger partial charge in [-0.1, -0.05) is 24.3 Å². The van der Waals surface area contributed by atoms with E-state index in [1.165, 1.54) is 7.11 Å². The van der Waals surface area contributed by atoms with Gasteiger partial charge in [0.1, 0.15) is 37.8 Å². The first-order chi connectivity index (χ1) is 16.5. The molecule has 1 aromatic carbocycles. The largest absolute Gasteiger partial charge is 0.480 e. The van der Waals surface area contributed by atoms with Crippen LogP contribution in [0.15, 0.2) is 24.4 Å². The van der Waals surface area contributed by atoms with Crippen LogP contribution in [-0.2, 0) is 14.3 Å². The number of carbonyl (C=O) groups excluding carboxylic acids is 3. The van der Waals surface area contributed by atoms with Gasteiger partial charge in [0, 0.05) is 18.5 Å². The highest BCUT2D eigenvalue weighted by Crippen LogP contribution is 2.34. The third-order valence-corrected chi connectivity index (χ3v) is 5.74. The number of rotatable bonds is 10. The van der Waals surface area contributed by atoms with Crippen LogP contribution in [0.3, 0.4) is 0 Å². The number of ether oxygens (including phenoxy) is 2. The molecule has 0 spiro atoms. The van der Waals surface area contributed by atoms with Crippen molar-refractivity contribution in [2.75, 3.05) is 20.3 Å². The molecule has 1 aliphatic rings. The Labute approximate surface area is 199 Å². The van der Waals surface area contributed by atoms with Crippen molar-refractivity contribution in [2.45, 2.75) is 44.6 Å². The summed E-state index contributed by atoms with van der Waals surface area (Å²) in [6.07, 6.45) is 8.94. The van der Waals surface area contributed by atoms with E-state index in [2.05, 4.69) is 25.9 Å². The van der Waals surface area contributed by atoms with Crippen molar-refractivity contribution in [3.63, 3.8) is 0 Å². The third kappa shape index (κ3) is 5.79. The van der Waals surface area contributed by atoms with Crippen LogP contribution in [-0.4, -0.2) is 66.7 Å². The van der Waals surface area contributed by atoms with E-state index in [1.54, 1.807) is 11.1 Å². The van der Waals surface area contributed by atoms with Gasteiger partial charge in [-0.25, -0.2) is 9.78 Å². The molecule has 9 nitrogen and oxygen atoms in total. The number of aldehydes is 1. The SMILES string of the molecule is C#CCOc1cc([B]C)ccc1-c1cnc(C2CCCN2C(=O)C(CCC=O)NC(=O)OC)[nH]1. The number of nitrogens with one attached hydrogen (secondary N) is 2. The van der Waals surface area contributed by atoms with Gasteiger partial charge in [0.2, 0.25) is 5.91 Å². The fourth-order valence-electron chi connectivity index (χ4n) is 4.03. The number of likely N-dealkylation sites (tertiary alicyclic amines) is 1. The maximum absolute atomic E-state index is 13.3. The van der Waals surface area contributed by atoms with Crippen LogP contribution in [0.25, 0.3) is 11.3 Å². The second kappa shape index (κ2) is 11.9. The van der Waals surface area contributed by atoms with Gasteiger partial charge < -0.3 is 29.5 Å². The minimum absolute atomic E-state index is 0.140. The lowest BCUT2D eigenvalue weighted by molar-refractivity contribution is -0.134. The number of hydrogen-bond acceptors (Lipinski definition) is 6. The number of alkyl carbamates (subject to hydrolysis) is 1. The van der Waals surface area contributed by atoms with Crippen LogP contribution in [0.2, 0.25) is 6.82 Å². The van der Waals surface area contributed by atoms with Crippen LogP contribution in [0, 0.1) is 12.3 Å². The Balaban J connectivity index is 1.84. The van der Waals surface area contributed by atoms with E-state index in [9.17, 15) is 14.4 Å². The highest BCUT2D eigenvalue weighted by atomic mass is 16.5. The molecule has 0 bridgehead atoms. The average molecular weight is 463 g/mol. The summed E-state index contributed by atoms with van der Waals surface area (Å²) >= 11 is 0. The molecule has 3 rings (SSSR count). The normalized spacial score (nSPS) is 15.8. The van der Waals surface area contributed by atoms with Crippen LogP contribution in [0.4, 0.5) is 4.79 Å². The lowest BCUT2D eigenvalue weighted by Gasteiger charge is -2.28. The van der Waals surface area contributed by atoms with E-state index in [0.29, 0.717) is 18.1 Å². The first-order valence-electron chi connectivity index (χ1n) is 11.2.